The zero-order chi connectivity index (χ0) is 22.8. The van der Waals surface area contributed by atoms with E-state index in [0.717, 1.165) is 12.5 Å². The molecule has 1 saturated heterocycles. The van der Waals surface area contributed by atoms with Crippen LogP contribution in [0.5, 0.6) is 17.2 Å². The lowest BCUT2D eigenvalue weighted by atomic mass is 10.1. The molecule has 31 heavy (non-hydrogen) atoms. The van der Waals surface area contributed by atoms with Gasteiger partial charge in [-0.15, -0.1) is 0 Å². The average molecular weight is 450 g/mol. The van der Waals surface area contributed by atoms with E-state index in [1.54, 1.807) is 4.90 Å². The quantitative estimate of drug-likeness (QED) is 0.626. The Balaban J connectivity index is 2.02. The minimum atomic E-state index is -4.19. The summed E-state index contributed by atoms with van der Waals surface area (Å²) >= 11 is 0. The summed E-state index contributed by atoms with van der Waals surface area (Å²) < 4.78 is 43.8. The van der Waals surface area contributed by atoms with Crippen LogP contribution in [0.3, 0.4) is 0 Å². The van der Waals surface area contributed by atoms with E-state index in [1.165, 1.54) is 45.6 Å². The number of rotatable bonds is 8. The summed E-state index contributed by atoms with van der Waals surface area (Å²) in [4.78, 5) is 25.1. The van der Waals surface area contributed by atoms with Crippen molar-refractivity contribution in [3.8, 4) is 17.2 Å². The number of carboxylic acid groups (broad SMARTS) is 1. The second-order valence-corrected chi connectivity index (χ2v) is 8.30. The van der Waals surface area contributed by atoms with Crippen LogP contribution in [0.2, 0.25) is 0 Å². The Bertz CT molecular complexity index is 1110. The number of carboxylic acids is 1. The minimum Gasteiger partial charge on any atom is -0.493 e. The summed E-state index contributed by atoms with van der Waals surface area (Å²) in [7, 11) is -0.305. The number of nitrogens with one attached hydrogen (secondary N) is 1. The number of anilines is 2. The van der Waals surface area contributed by atoms with Crippen molar-refractivity contribution >= 4 is 33.3 Å². The van der Waals surface area contributed by atoms with Crippen molar-refractivity contribution in [3.05, 3.63) is 35.9 Å². The van der Waals surface area contributed by atoms with Gasteiger partial charge in [0.05, 0.1) is 31.8 Å². The maximum atomic E-state index is 13.0. The molecular formula is C20H22N2O8S. The molecule has 0 atom stereocenters. The number of carbonyl (C=O) groups is 2. The lowest BCUT2D eigenvalue weighted by molar-refractivity contribution is -0.117. The molecule has 0 spiro atoms. The number of hydrogen-bond acceptors (Lipinski definition) is 7. The SMILES string of the molecule is COc1cc(C(=O)O)c(NS(=O)(=O)c2ccc(N3CCCC3=O)cc2)c(OC)c1OC. The predicted octanol–water partition coefficient (Wildman–Crippen LogP) is 2.34. The van der Waals surface area contributed by atoms with E-state index in [4.69, 9.17) is 14.2 Å². The molecule has 2 aromatic carbocycles. The normalized spacial score (nSPS) is 13.8. The number of aromatic carboxylic acids is 1. The highest BCUT2D eigenvalue weighted by molar-refractivity contribution is 7.92. The fourth-order valence-corrected chi connectivity index (χ4v) is 4.43. The molecule has 3 rings (SSSR count). The standard InChI is InChI=1S/C20H22N2O8S/c1-28-15-11-14(20(24)25)17(19(30-3)18(15)29-2)21-31(26,27)13-8-6-12(7-9-13)22-10-4-5-16(22)23/h6-9,11,21H,4-5,10H2,1-3H3,(H,24,25). The zero-order valence-electron chi connectivity index (χ0n) is 17.2. The second-order valence-electron chi connectivity index (χ2n) is 6.62. The maximum Gasteiger partial charge on any atom is 0.338 e. The van der Waals surface area contributed by atoms with Crippen LogP contribution in [-0.4, -0.2) is 53.3 Å². The predicted molar refractivity (Wildman–Crippen MR) is 112 cm³/mol. The highest BCUT2D eigenvalue weighted by Crippen LogP contribution is 2.46. The number of nitrogens with zero attached hydrogens (tertiary/aromatic N) is 1. The van der Waals surface area contributed by atoms with Gasteiger partial charge in [0, 0.05) is 24.7 Å². The molecule has 1 amide bonds. The molecule has 0 saturated carbocycles. The first-order valence-electron chi connectivity index (χ1n) is 9.23. The average Bonchev–Trinajstić information content (AvgIpc) is 3.18. The van der Waals surface area contributed by atoms with Crippen LogP contribution in [0, 0.1) is 0 Å². The van der Waals surface area contributed by atoms with Crippen molar-refractivity contribution in [2.24, 2.45) is 0 Å². The maximum absolute atomic E-state index is 13.0. The van der Waals surface area contributed by atoms with E-state index in [0.29, 0.717) is 18.7 Å². The Kier molecular flexibility index (Phi) is 6.25. The number of ether oxygens (including phenoxy) is 3. The van der Waals surface area contributed by atoms with Crippen molar-refractivity contribution in [1.29, 1.82) is 0 Å². The van der Waals surface area contributed by atoms with E-state index < -0.39 is 16.0 Å². The molecule has 0 aliphatic carbocycles. The number of amides is 1. The van der Waals surface area contributed by atoms with Gasteiger partial charge in [0.25, 0.3) is 10.0 Å². The van der Waals surface area contributed by atoms with Crippen LogP contribution in [0.1, 0.15) is 23.2 Å². The Labute approximate surface area is 179 Å². The molecular weight excluding hydrogens is 428 g/mol. The van der Waals surface area contributed by atoms with Gasteiger partial charge in [0.1, 0.15) is 5.69 Å². The lowest BCUT2D eigenvalue weighted by Crippen LogP contribution is -2.23. The number of benzene rings is 2. The van der Waals surface area contributed by atoms with Crippen LogP contribution in [-0.2, 0) is 14.8 Å². The third-order valence-corrected chi connectivity index (χ3v) is 6.19. The summed E-state index contributed by atoms with van der Waals surface area (Å²) in [5.74, 6) is -1.44. The summed E-state index contributed by atoms with van der Waals surface area (Å²) in [5.41, 5.74) is -0.0832. The molecule has 0 aromatic heterocycles. The Morgan fingerprint density at radius 3 is 2.19 bits per heavy atom. The molecule has 10 nitrogen and oxygen atoms in total. The first kappa shape index (κ1) is 22.2. The summed E-state index contributed by atoms with van der Waals surface area (Å²) in [6, 6.07) is 6.89. The van der Waals surface area contributed by atoms with Crippen molar-refractivity contribution in [2.75, 3.05) is 37.5 Å². The van der Waals surface area contributed by atoms with E-state index in [1.807, 2.05) is 0 Å². The third-order valence-electron chi connectivity index (χ3n) is 4.83. The topological polar surface area (TPSA) is 131 Å². The molecule has 0 bridgehead atoms. The molecule has 1 aliphatic heterocycles. The molecule has 1 fully saturated rings. The highest BCUT2D eigenvalue weighted by atomic mass is 32.2. The number of methoxy groups -OCH3 is 3. The van der Waals surface area contributed by atoms with Crippen LogP contribution in [0.4, 0.5) is 11.4 Å². The largest absolute Gasteiger partial charge is 0.493 e. The van der Waals surface area contributed by atoms with Gasteiger partial charge in [0.15, 0.2) is 11.5 Å². The van der Waals surface area contributed by atoms with Crippen LogP contribution < -0.4 is 23.8 Å². The summed E-state index contributed by atoms with van der Waals surface area (Å²) in [6.45, 7) is 0.577. The van der Waals surface area contributed by atoms with Gasteiger partial charge >= 0.3 is 5.97 Å². The first-order valence-corrected chi connectivity index (χ1v) is 10.7. The van der Waals surface area contributed by atoms with Gasteiger partial charge in [-0.1, -0.05) is 0 Å². The minimum absolute atomic E-state index is 0.0186. The van der Waals surface area contributed by atoms with Gasteiger partial charge in [-0.05, 0) is 30.7 Å². The molecule has 1 aliphatic rings. The van der Waals surface area contributed by atoms with Crippen LogP contribution in [0.15, 0.2) is 35.2 Å². The van der Waals surface area contributed by atoms with E-state index in [9.17, 15) is 23.1 Å². The molecule has 11 heteroatoms. The fourth-order valence-electron chi connectivity index (χ4n) is 3.35. The van der Waals surface area contributed by atoms with Gasteiger partial charge < -0.3 is 24.2 Å². The van der Waals surface area contributed by atoms with Crippen LogP contribution >= 0.6 is 0 Å². The van der Waals surface area contributed by atoms with Gasteiger partial charge in [0.2, 0.25) is 11.7 Å². The van der Waals surface area contributed by atoms with E-state index >= 15 is 0 Å². The van der Waals surface area contributed by atoms with Crippen LogP contribution in [0.25, 0.3) is 0 Å². The molecule has 166 valence electrons. The molecule has 2 aromatic rings. The summed E-state index contributed by atoms with van der Waals surface area (Å²) in [6.07, 6.45) is 1.20. The van der Waals surface area contributed by atoms with Gasteiger partial charge in [-0.2, -0.15) is 0 Å². The molecule has 0 unspecified atom stereocenters. The van der Waals surface area contributed by atoms with Crippen molar-refractivity contribution < 1.29 is 37.3 Å². The van der Waals surface area contributed by atoms with Crippen molar-refractivity contribution in [3.63, 3.8) is 0 Å². The second kappa shape index (κ2) is 8.72. The Morgan fingerprint density at radius 2 is 1.71 bits per heavy atom. The molecule has 0 radical (unpaired) electrons. The van der Waals surface area contributed by atoms with E-state index in [-0.39, 0.29) is 39.3 Å². The third kappa shape index (κ3) is 4.22. The number of hydrogen-bond donors (Lipinski definition) is 2. The molecule has 2 N–H and O–H groups in total. The van der Waals surface area contributed by atoms with Crippen molar-refractivity contribution in [2.45, 2.75) is 17.7 Å². The Hall–Kier alpha value is -3.47. The zero-order valence-corrected chi connectivity index (χ0v) is 18.0. The highest BCUT2D eigenvalue weighted by Gasteiger charge is 2.28. The number of carbonyl (C=O) groups excluding carboxylic acids is 1. The van der Waals surface area contributed by atoms with E-state index in [2.05, 4.69) is 4.72 Å². The fraction of sp³-hybridized carbons (Fsp3) is 0.300. The lowest BCUT2D eigenvalue weighted by Gasteiger charge is -2.19. The summed E-state index contributed by atoms with van der Waals surface area (Å²) in [5, 5.41) is 9.59. The number of sulfonamides is 1. The first-order chi connectivity index (χ1) is 14.7. The molecule has 1 heterocycles. The Morgan fingerprint density at radius 1 is 1.06 bits per heavy atom. The smallest absolute Gasteiger partial charge is 0.338 e. The van der Waals surface area contributed by atoms with Crippen molar-refractivity contribution in [1.82, 2.24) is 0 Å². The van der Waals surface area contributed by atoms with Gasteiger partial charge in [-0.3, -0.25) is 9.52 Å². The monoisotopic (exact) mass is 450 g/mol. The van der Waals surface area contributed by atoms with Gasteiger partial charge in [-0.25, -0.2) is 13.2 Å².